The topological polar surface area (TPSA) is 99.1 Å². The Morgan fingerprint density at radius 1 is 1.08 bits per heavy atom. The van der Waals surface area contributed by atoms with Crippen molar-refractivity contribution in [2.75, 3.05) is 23.9 Å². The molecule has 0 aliphatic rings. The van der Waals surface area contributed by atoms with E-state index >= 15 is 0 Å². The molecule has 122 valence electrons. The maximum absolute atomic E-state index is 5.90. The molecule has 2 aromatic carbocycles. The molecule has 24 heavy (non-hydrogen) atoms. The van der Waals surface area contributed by atoms with E-state index in [4.69, 9.17) is 16.2 Å². The first-order valence-electron chi connectivity index (χ1n) is 7.51. The Balaban J connectivity index is 1.83. The van der Waals surface area contributed by atoms with Crippen molar-refractivity contribution in [3.8, 4) is 5.75 Å². The van der Waals surface area contributed by atoms with Gasteiger partial charge >= 0.3 is 0 Å². The van der Waals surface area contributed by atoms with Crippen LogP contribution in [-0.4, -0.2) is 17.1 Å². The summed E-state index contributed by atoms with van der Waals surface area (Å²) >= 11 is 0. The Bertz CT molecular complexity index is 836. The number of nitrogens with two attached hydrogens (primary N) is 2. The molecule has 0 radical (unpaired) electrons. The van der Waals surface area contributed by atoms with Gasteiger partial charge in [-0.05, 0) is 29.8 Å². The number of anilines is 4. The summed E-state index contributed by atoms with van der Waals surface area (Å²) in [4.78, 5) is 7.98. The lowest BCUT2D eigenvalue weighted by atomic mass is 10.1. The molecule has 3 aromatic rings. The van der Waals surface area contributed by atoms with Crippen molar-refractivity contribution in [2.45, 2.75) is 6.42 Å². The highest BCUT2D eigenvalue weighted by molar-refractivity contribution is 5.67. The second kappa shape index (κ2) is 6.87. The van der Waals surface area contributed by atoms with Crippen LogP contribution in [0.25, 0.3) is 0 Å². The van der Waals surface area contributed by atoms with Crippen LogP contribution in [0, 0.1) is 0 Å². The van der Waals surface area contributed by atoms with Crippen molar-refractivity contribution in [3.63, 3.8) is 0 Å². The summed E-state index contributed by atoms with van der Waals surface area (Å²) < 4.78 is 5.50. The van der Waals surface area contributed by atoms with Gasteiger partial charge in [-0.2, -0.15) is 4.98 Å². The third-order valence-electron chi connectivity index (χ3n) is 3.63. The largest absolute Gasteiger partial charge is 0.495 e. The lowest BCUT2D eigenvalue weighted by molar-refractivity contribution is 0.416. The van der Waals surface area contributed by atoms with Crippen LogP contribution in [0.15, 0.2) is 54.7 Å². The van der Waals surface area contributed by atoms with Gasteiger partial charge in [-0.15, -0.1) is 0 Å². The van der Waals surface area contributed by atoms with Gasteiger partial charge in [-0.1, -0.05) is 24.3 Å². The number of para-hydroxylation sites is 1. The predicted octanol–water partition coefficient (Wildman–Crippen LogP) is 2.98. The molecule has 3 rings (SSSR count). The molecule has 1 aromatic heterocycles. The van der Waals surface area contributed by atoms with E-state index in [1.165, 1.54) is 0 Å². The zero-order chi connectivity index (χ0) is 16.9. The monoisotopic (exact) mass is 321 g/mol. The third-order valence-corrected chi connectivity index (χ3v) is 3.63. The molecule has 0 unspecified atom stereocenters. The van der Waals surface area contributed by atoms with E-state index < -0.39 is 0 Å². The lowest BCUT2D eigenvalue weighted by Crippen LogP contribution is -2.04. The number of benzene rings is 2. The standard InChI is InChI=1S/C18H19N5O/c1-24-16-10-12(9-13-11-21-18(20)23-17(13)19)7-8-15(16)22-14-5-3-2-4-6-14/h2-8,10-11,22H,9H2,1H3,(H4,19,20,21,23). The quantitative estimate of drug-likeness (QED) is 0.668. The Hall–Kier alpha value is -3.28. The average molecular weight is 321 g/mol. The molecule has 0 saturated carbocycles. The first-order chi connectivity index (χ1) is 11.7. The highest BCUT2D eigenvalue weighted by atomic mass is 16.5. The van der Waals surface area contributed by atoms with Crippen LogP contribution >= 0.6 is 0 Å². The van der Waals surface area contributed by atoms with Crippen LogP contribution in [0.1, 0.15) is 11.1 Å². The molecule has 0 bridgehead atoms. The minimum Gasteiger partial charge on any atom is -0.495 e. The maximum Gasteiger partial charge on any atom is 0.221 e. The van der Waals surface area contributed by atoms with Gasteiger partial charge in [0.2, 0.25) is 5.95 Å². The van der Waals surface area contributed by atoms with Crippen LogP contribution in [-0.2, 0) is 6.42 Å². The Labute approximate surface area is 140 Å². The SMILES string of the molecule is COc1cc(Cc2cnc(N)nc2N)ccc1Nc1ccccc1. The minimum atomic E-state index is 0.177. The first-order valence-corrected chi connectivity index (χ1v) is 7.51. The Morgan fingerprint density at radius 3 is 2.58 bits per heavy atom. The van der Waals surface area contributed by atoms with Crippen molar-refractivity contribution in [1.82, 2.24) is 9.97 Å². The summed E-state index contributed by atoms with van der Waals surface area (Å²) in [6.07, 6.45) is 2.26. The van der Waals surface area contributed by atoms with E-state index in [1.807, 2.05) is 48.5 Å². The Morgan fingerprint density at radius 2 is 1.88 bits per heavy atom. The molecule has 0 amide bonds. The maximum atomic E-state index is 5.90. The zero-order valence-electron chi connectivity index (χ0n) is 13.4. The summed E-state index contributed by atoms with van der Waals surface area (Å²) in [7, 11) is 1.65. The van der Waals surface area contributed by atoms with E-state index in [1.54, 1.807) is 13.3 Å². The molecule has 5 N–H and O–H groups in total. The van der Waals surface area contributed by atoms with Crippen LogP contribution in [0.3, 0.4) is 0 Å². The molecule has 0 fully saturated rings. The summed E-state index contributed by atoms with van der Waals surface area (Å²) in [5, 5.41) is 3.34. The number of methoxy groups -OCH3 is 1. The summed E-state index contributed by atoms with van der Waals surface area (Å²) in [5.74, 6) is 1.33. The average Bonchev–Trinajstić information content (AvgIpc) is 2.59. The van der Waals surface area contributed by atoms with Crippen LogP contribution < -0.4 is 21.5 Å². The van der Waals surface area contributed by atoms with Gasteiger partial charge in [0.15, 0.2) is 0 Å². The molecule has 0 saturated heterocycles. The van der Waals surface area contributed by atoms with E-state index in [-0.39, 0.29) is 5.95 Å². The molecule has 0 aliphatic carbocycles. The molecule has 6 nitrogen and oxygen atoms in total. The summed E-state index contributed by atoms with van der Waals surface area (Å²) in [5.41, 5.74) is 15.2. The lowest BCUT2D eigenvalue weighted by Gasteiger charge is -2.13. The highest BCUT2D eigenvalue weighted by Crippen LogP contribution is 2.29. The second-order valence-electron chi connectivity index (χ2n) is 5.34. The second-order valence-corrected chi connectivity index (χ2v) is 5.34. The minimum absolute atomic E-state index is 0.177. The van der Waals surface area contributed by atoms with E-state index in [9.17, 15) is 0 Å². The number of rotatable bonds is 5. The van der Waals surface area contributed by atoms with Crippen molar-refractivity contribution < 1.29 is 4.74 Å². The van der Waals surface area contributed by atoms with E-state index in [2.05, 4.69) is 15.3 Å². The number of nitrogens with one attached hydrogen (secondary N) is 1. The molecule has 1 heterocycles. The van der Waals surface area contributed by atoms with E-state index in [0.29, 0.717) is 12.2 Å². The van der Waals surface area contributed by atoms with Crippen molar-refractivity contribution in [1.29, 1.82) is 0 Å². The fourth-order valence-corrected chi connectivity index (χ4v) is 2.42. The molecule has 6 heteroatoms. The number of nitrogen functional groups attached to an aromatic ring is 2. The fraction of sp³-hybridized carbons (Fsp3) is 0.111. The van der Waals surface area contributed by atoms with Gasteiger partial charge in [0.25, 0.3) is 0 Å². The van der Waals surface area contributed by atoms with Crippen LogP contribution in [0.4, 0.5) is 23.1 Å². The normalized spacial score (nSPS) is 10.4. The van der Waals surface area contributed by atoms with Gasteiger partial charge in [-0.25, -0.2) is 4.98 Å². The Kier molecular flexibility index (Phi) is 4.47. The van der Waals surface area contributed by atoms with Crippen LogP contribution in [0.2, 0.25) is 0 Å². The molecule has 0 atom stereocenters. The van der Waals surface area contributed by atoms with Gasteiger partial charge < -0.3 is 21.5 Å². The van der Waals surface area contributed by atoms with Crippen molar-refractivity contribution >= 4 is 23.1 Å². The van der Waals surface area contributed by atoms with Gasteiger partial charge in [0.05, 0.1) is 12.8 Å². The zero-order valence-corrected chi connectivity index (χ0v) is 13.4. The first kappa shape index (κ1) is 15.6. The molecular weight excluding hydrogens is 302 g/mol. The summed E-state index contributed by atoms with van der Waals surface area (Å²) in [6.45, 7) is 0. The third kappa shape index (κ3) is 3.55. The molecule has 0 spiro atoms. The molecule has 0 aliphatic heterocycles. The fourth-order valence-electron chi connectivity index (χ4n) is 2.42. The highest BCUT2D eigenvalue weighted by Gasteiger charge is 2.08. The van der Waals surface area contributed by atoms with E-state index in [0.717, 1.165) is 28.3 Å². The number of hydrogen-bond acceptors (Lipinski definition) is 6. The number of ether oxygens (including phenoxy) is 1. The van der Waals surface area contributed by atoms with Gasteiger partial charge in [0.1, 0.15) is 11.6 Å². The summed E-state index contributed by atoms with van der Waals surface area (Å²) in [6, 6.07) is 15.9. The number of aromatic nitrogens is 2. The number of nitrogens with zero attached hydrogens (tertiary/aromatic N) is 2. The van der Waals surface area contributed by atoms with Gasteiger partial charge in [-0.3, -0.25) is 0 Å². The van der Waals surface area contributed by atoms with Crippen LogP contribution in [0.5, 0.6) is 5.75 Å². The van der Waals surface area contributed by atoms with Crippen molar-refractivity contribution in [2.24, 2.45) is 0 Å². The number of hydrogen-bond donors (Lipinski definition) is 3. The molecular formula is C18H19N5O. The predicted molar refractivity (Wildman–Crippen MR) is 96.4 cm³/mol. The van der Waals surface area contributed by atoms with Crippen molar-refractivity contribution in [3.05, 3.63) is 65.9 Å². The van der Waals surface area contributed by atoms with Gasteiger partial charge in [0, 0.05) is 23.9 Å². The smallest absolute Gasteiger partial charge is 0.221 e.